The summed E-state index contributed by atoms with van der Waals surface area (Å²) in [7, 11) is 0. The molecular formula is C12H8N2O2. The van der Waals surface area contributed by atoms with Crippen LogP contribution in [0.1, 0.15) is 11.1 Å². The van der Waals surface area contributed by atoms with E-state index in [4.69, 9.17) is 10.4 Å². The first kappa shape index (κ1) is 9.99. The van der Waals surface area contributed by atoms with Gasteiger partial charge in [0.25, 0.3) is 0 Å². The molecule has 0 aliphatic rings. The van der Waals surface area contributed by atoms with Crippen molar-refractivity contribution >= 4 is 22.9 Å². The van der Waals surface area contributed by atoms with Crippen molar-refractivity contribution < 1.29 is 9.90 Å². The predicted molar refractivity (Wildman–Crippen MR) is 59.7 cm³/mol. The molecule has 1 heterocycles. The Morgan fingerprint density at radius 3 is 3.00 bits per heavy atom. The van der Waals surface area contributed by atoms with Crippen molar-refractivity contribution in [2.75, 3.05) is 0 Å². The van der Waals surface area contributed by atoms with E-state index in [2.05, 4.69) is 4.98 Å². The van der Waals surface area contributed by atoms with Crippen LogP contribution in [0, 0.1) is 11.3 Å². The molecule has 0 unspecified atom stereocenters. The molecule has 0 aliphatic heterocycles. The smallest absolute Gasteiger partial charge is 0.328 e. The minimum atomic E-state index is -0.995. The van der Waals surface area contributed by atoms with Crippen molar-refractivity contribution in [3.8, 4) is 6.07 Å². The highest BCUT2D eigenvalue weighted by Crippen LogP contribution is 2.20. The topological polar surface area (TPSA) is 76.9 Å². The van der Waals surface area contributed by atoms with E-state index in [1.54, 1.807) is 24.4 Å². The number of carbonyl (C=O) groups is 1. The Balaban J connectivity index is 2.55. The average Bonchev–Trinajstić information content (AvgIpc) is 2.68. The molecule has 0 spiro atoms. The van der Waals surface area contributed by atoms with E-state index >= 15 is 0 Å². The van der Waals surface area contributed by atoms with Crippen molar-refractivity contribution in [3.05, 3.63) is 41.6 Å². The van der Waals surface area contributed by atoms with Crippen LogP contribution in [0.15, 0.2) is 30.5 Å². The van der Waals surface area contributed by atoms with Crippen LogP contribution in [-0.2, 0) is 4.79 Å². The number of rotatable bonds is 2. The van der Waals surface area contributed by atoms with Crippen LogP contribution in [0.3, 0.4) is 0 Å². The molecule has 0 fully saturated rings. The number of carboxylic acids is 1. The lowest BCUT2D eigenvalue weighted by Gasteiger charge is -1.92. The van der Waals surface area contributed by atoms with E-state index in [1.165, 1.54) is 6.08 Å². The molecule has 0 saturated carbocycles. The summed E-state index contributed by atoms with van der Waals surface area (Å²) in [6.45, 7) is 0. The number of nitrogens with zero attached hydrogens (tertiary/aromatic N) is 1. The van der Waals surface area contributed by atoms with Crippen LogP contribution in [-0.4, -0.2) is 16.1 Å². The van der Waals surface area contributed by atoms with Gasteiger partial charge in [-0.2, -0.15) is 5.26 Å². The fourth-order valence-electron chi connectivity index (χ4n) is 1.51. The zero-order chi connectivity index (χ0) is 11.5. The largest absolute Gasteiger partial charge is 0.478 e. The lowest BCUT2D eigenvalue weighted by molar-refractivity contribution is -0.131. The highest BCUT2D eigenvalue weighted by molar-refractivity contribution is 5.93. The van der Waals surface area contributed by atoms with Gasteiger partial charge in [0.1, 0.15) is 0 Å². The molecule has 78 valence electrons. The van der Waals surface area contributed by atoms with Crippen molar-refractivity contribution in [1.82, 2.24) is 4.98 Å². The van der Waals surface area contributed by atoms with E-state index < -0.39 is 5.97 Å². The molecule has 2 aromatic rings. The number of nitrogens with one attached hydrogen (secondary N) is 1. The highest BCUT2D eigenvalue weighted by Gasteiger charge is 2.02. The molecule has 2 N–H and O–H groups in total. The molecule has 2 rings (SSSR count). The predicted octanol–water partition coefficient (Wildman–Crippen LogP) is 2.14. The monoisotopic (exact) mass is 212 g/mol. The first-order valence-corrected chi connectivity index (χ1v) is 4.63. The van der Waals surface area contributed by atoms with Crippen LogP contribution in [0.5, 0.6) is 0 Å². The molecule has 0 radical (unpaired) electrons. The third-order valence-corrected chi connectivity index (χ3v) is 2.25. The summed E-state index contributed by atoms with van der Waals surface area (Å²) in [5, 5.41) is 18.2. The first-order chi connectivity index (χ1) is 7.70. The Kier molecular flexibility index (Phi) is 2.44. The van der Waals surface area contributed by atoms with Crippen LogP contribution < -0.4 is 0 Å². The van der Waals surface area contributed by atoms with Gasteiger partial charge in [-0.1, -0.05) is 0 Å². The quantitative estimate of drug-likeness (QED) is 0.748. The van der Waals surface area contributed by atoms with Gasteiger partial charge in [-0.15, -0.1) is 0 Å². The molecule has 0 amide bonds. The standard InChI is InChI=1S/C12H8N2O2/c13-6-8-1-3-11-10(5-8)9(7-14-11)2-4-12(15)16/h1-5,7,14H,(H,15,16)/b4-2-. The average molecular weight is 212 g/mol. The molecule has 16 heavy (non-hydrogen) atoms. The van der Waals surface area contributed by atoms with E-state index in [9.17, 15) is 4.79 Å². The van der Waals surface area contributed by atoms with Crippen LogP contribution in [0.4, 0.5) is 0 Å². The maximum Gasteiger partial charge on any atom is 0.328 e. The zero-order valence-electron chi connectivity index (χ0n) is 8.27. The van der Waals surface area contributed by atoms with Gasteiger partial charge in [-0.05, 0) is 24.3 Å². The molecule has 0 bridgehead atoms. The van der Waals surface area contributed by atoms with Gasteiger partial charge in [-0.3, -0.25) is 0 Å². The summed E-state index contributed by atoms with van der Waals surface area (Å²) in [5.74, 6) is -0.995. The third kappa shape index (κ3) is 1.79. The first-order valence-electron chi connectivity index (χ1n) is 4.63. The summed E-state index contributed by atoms with van der Waals surface area (Å²) in [5.41, 5.74) is 2.19. The number of hydrogen-bond donors (Lipinski definition) is 2. The van der Waals surface area contributed by atoms with E-state index in [0.29, 0.717) is 5.56 Å². The zero-order valence-corrected chi connectivity index (χ0v) is 8.27. The number of hydrogen-bond acceptors (Lipinski definition) is 2. The van der Waals surface area contributed by atoms with Gasteiger partial charge in [0.05, 0.1) is 11.6 Å². The molecule has 4 heteroatoms. The molecule has 1 aromatic carbocycles. The molecular weight excluding hydrogens is 204 g/mol. The lowest BCUT2D eigenvalue weighted by Crippen LogP contribution is -1.85. The Bertz CT molecular complexity index is 617. The summed E-state index contributed by atoms with van der Waals surface area (Å²) in [4.78, 5) is 13.4. The fourth-order valence-corrected chi connectivity index (χ4v) is 1.51. The van der Waals surface area contributed by atoms with Crippen molar-refractivity contribution in [3.63, 3.8) is 0 Å². The number of aliphatic carboxylic acids is 1. The van der Waals surface area contributed by atoms with E-state index in [0.717, 1.165) is 22.5 Å². The fraction of sp³-hybridized carbons (Fsp3) is 0. The second-order valence-electron chi connectivity index (χ2n) is 3.29. The molecule has 4 nitrogen and oxygen atoms in total. The van der Waals surface area contributed by atoms with Crippen LogP contribution >= 0.6 is 0 Å². The SMILES string of the molecule is N#Cc1ccc2[nH]cc(/C=C\C(=O)O)c2c1. The molecule has 0 aliphatic carbocycles. The summed E-state index contributed by atoms with van der Waals surface area (Å²) in [6, 6.07) is 7.29. The number of nitriles is 1. The second-order valence-corrected chi connectivity index (χ2v) is 3.29. The highest BCUT2D eigenvalue weighted by atomic mass is 16.4. The van der Waals surface area contributed by atoms with Crippen LogP contribution in [0.25, 0.3) is 17.0 Å². The maximum absolute atomic E-state index is 10.4. The van der Waals surface area contributed by atoms with Gasteiger partial charge < -0.3 is 10.1 Å². The Labute approximate surface area is 91.4 Å². The molecule has 0 saturated heterocycles. The summed E-state index contributed by atoms with van der Waals surface area (Å²) < 4.78 is 0. The van der Waals surface area contributed by atoms with E-state index in [-0.39, 0.29) is 0 Å². The third-order valence-electron chi connectivity index (χ3n) is 2.25. The van der Waals surface area contributed by atoms with Gasteiger partial charge in [0.2, 0.25) is 0 Å². The number of aromatic nitrogens is 1. The number of H-pyrrole nitrogens is 1. The Hall–Kier alpha value is -2.54. The lowest BCUT2D eigenvalue weighted by atomic mass is 10.1. The molecule has 1 aromatic heterocycles. The van der Waals surface area contributed by atoms with Gasteiger partial charge >= 0.3 is 5.97 Å². The number of aromatic amines is 1. The van der Waals surface area contributed by atoms with E-state index in [1.807, 2.05) is 6.07 Å². The minimum absolute atomic E-state index is 0.553. The number of fused-ring (bicyclic) bond motifs is 1. The van der Waals surface area contributed by atoms with Crippen LogP contribution in [0.2, 0.25) is 0 Å². The summed E-state index contributed by atoms with van der Waals surface area (Å²) in [6.07, 6.45) is 4.29. The maximum atomic E-state index is 10.4. The van der Waals surface area contributed by atoms with Gasteiger partial charge in [0.15, 0.2) is 0 Å². The summed E-state index contributed by atoms with van der Waals surface area (Å²) >= 11 is 0. The Morgan fingerprint density at radius 1 is 1.50 bits per heavy atom. The minimum Gasteiger partial charge on any atom is -0.478 e. The van der Waals surface area contributed by atoms with Crippen molar-refractivity contribution in [2.24, 2.45) is 0 Å². The number of benzene rings is 1. The number of carboxylic acid groups (broad SMARTS) is 1. The van der Waals surface area contributed by atoms with Crippen molar-refractivity contribution in [1.29, 1.82) is 5.26 Å². The Morgan fingerprint density at radius 2 is 2.31 bits per heavy atom. The normalized spacial score (nSPS) is 10.7. The van der Waals surface area contributed by atoms with Gasteiger partial charge in [-0.25, -0.2) is 4.79 Å². The molecule has 0 atom stereocenters. The van der Waals surface area contributed by atoms with Gasteiger partial charge in [0, 0.05) is 28.7 Å². The van der Waals surface area contributed by atoms with Crippen molar-refractivity contribution in [2.45, 2.75) is 0 Å². The second kappa shape index (κ2) is 3.91.